The van der Waals surface area contributed by atoms with Crippen LogP contribution in [0.4, 0.5) is 21.8 Å². The Hall–Kier alpha value is -2.94. The van der Waals surface area contributed by atoms with Crippen molar-refractivity contribution in [2.75, 3.05) is 23.3 Å². The van der Waals surface area contributed by atoms with E-state index in [-0.39, 0.29) is 23.7 Å². The highest BCUT2D eigenvalue weighted by Crippen LogP contribution is 2.27. The lowest BCUT2D eigenvalue weighted by Gasteiger charge is -2.14. The van der Waals surface area contributed by atoms with E-state index in [1.54, 1.807) is 6.07 Å². The van der Waals surface area contributed by atoms with Crippen LogP contribution in [-0.4, -0.2) is 32.1 Å². The summed E-state index contributed by atoms with van der Waals surface area (Å²) < 4.78 is 15.6. The van der Waals surface area contributed by atoms with Crippen LogP contribution in [0, 0.1) is 5.82 Å². The summed E-state index contributed by atoms with van der Waals surface area (Å²) in [7, 11) is 0. The van der Waals surface area contributed by atoms with E-state index < -0.39 is 0 Å². The van der Waals surface area contributed by atoms with Crippen LogP contribution < -0.4 is 22.5 Å². The number of nitrogens with zero attached hydrogens (tertiary/aromatic N) is 4. The molecule has 8 nitrogen and oxygen atoms in total. The van der Waals surface area contributed by atoms with Crippen molar-refractivity contribution in [3.63, 3.8) is 0 Å². The SMILES string of the molecule is CC(N)CNc1nc(N)c2nc(Cc3cc(F)ccc3N)n(C(C)C)c2n1. The van der Waals surface area contributed by atoms with Gasteiger partial charge < -0.3 is 27.1 Å². The second-order valence-corrected chi connectivity index (χ2v) is 6.97. The van der Waals surface area contributed by atoms with Crippen LogP contribution in [-0.2, 0) is 6.42 Å². The Balaban J connectivity index is 2.09. The normalized spacial score (nSPS) is 12.7. The Morgan fingerprint density at radius 1 is 1.15 bits per heavy atom. The third-order valence-electron chi connectivity index (χ3n) is 4.19. The van der Waals surface area contributed by atoms with Crippen LogP contribution in [0.5, 0.6) is 0 Å². The molecule has 0 aliphatic rings. The number of imidazole rings is 1. The first kappa shape index (κ1) is 18.8. The van der Waals surface area contributed by atoms with Crippen molar-refractivity contribution >= 4 is 28.6 Å². The lowest BCUT2D eigenvalue weighted by Crippen LogP contribution is -2.26. The number of hydrogen-bond acceptors (Lipinski definition) is 7. The first-order chi connectivity index (χ1) is 12.8. The van der Waals surface area contributed by atoms with Gasteiger partial charge >= 0.3 is 0 Å². The highest BCUT2D eigenvalue weighted by atomic mass is 19.1. The van der Waals surface area contributed by atoms with E-state index in [0.717, 1.165) is 0 Å². The molecule has 0 spiro atoms. The molecule has 0 fully saturated rings. The van der Waals surface area contributed by atoms with Gasteiger partial charge in [0, 0.05) is 30.7 Å². The molecule has 2 aromatic heterocycles. The Morgan fingerprint density at radius 2 is 1.89 bits per heavy atom. The van der Waals surface area contributed by atoms with E-state index in [0.29, 0.717) is 47.2 Å². The monoisotopic (exact) mass is 372 g/mol. The van der Waals surface area contributed by atoms with Gasteiger partial charge in [-0.1, -0.05) is 0 Å². The van der Waals surface area contributed by atoms with Gasteiger partial charge in [-0.3, -0.25) is 0 Å². The predicted molar refractivity (Wildman–Crippen MR) is 106 cm³/mol. The Morgan fingerprint density at radius 3 is 2.56 bits per heavy atom. The molecule has 144 valence electrons. The third kappa shape index (κ3) is 3.92. The molecule has 1 atom stereocenters. The number of halogens is 1. The molecule has 2 heterocycles. The highest BCUT2D eigenvalue weighted by molar-refractivity contribution is 5.83. The molecule has 7 N–H and O–H groups in total. The van der Waals surface area contributed by atoms with Crippen LogP contribution in [0.3, 0.4) is 0 Å². The molecule has 3 rings (SSSR count). The molecule has 9 heteroatoms. The summed E-state index contributed by atoms with van der Waals surface area (Å²) in [6.07, 6.45) is 0.361. The molecule has 1 unspecified atom stereocenters. The summed E-state index contributed by atoms with van der Waals surface area (Å²) in [5, 5.41) is 3.08. The maximum absolute atomic E-state index is 13.6. The average molecular weight is 372 g/mol. The van der Waals surface area contributed by atoms with E-state index in [4.69, 9.17) is 17.2 Å². The van der Waals surface area contributed by atoms with Crippen LogP contribution >= 0.6 is 0 Å². The maximum Gasteiger partial charge on any atom is 0.226 e. The van der Waals surface area contributed by atoms with Gasteiger partial charge in [0.25, 0.3) is 0 Å². The molecule has 0 aliphatic heterocycles. The van der Waals surface area contributed by atoms with Crippen LogP contribution in [0.15, 0.2) is 18.2 Å². The second-order valence-electron chi connectivity index (χ2n) is 6.97. The molecule has 0 aliphatic carbocycles. The average Bonchev–Trinajstić information content (AvgIpc) is 2.95. The molecule has 0 saturated carbocycles. The fraction of sp³-hybridized carbons (Fsp3) is 0.389. The van der Waals surface area contributed by atoms with Crippen LogP contribution in [0.2, 0.25) is 0 Å². The molecule has 27 heavy (non-hydrogen) atoms. The van der Waals surface area contributed by atoms with E-state index in [1.165, 1.54) is 12.1 Å². The van der Waals surface area contributed by atoms with Crippen LogP contribution in [0.1, 0.15) is 38.2 Å². The quantitative estimate of drug-likeness (QED) is 0.487. The van der Waals surface area contributed by atoms with Crippen molar-refractivity contribution in [3.8, 4) is 0 Å². The number of anilines is 3. The van der Waals surface area contributed by atoms with Gasteiger partial charge in [-0.2, -0.15) is 9.97 Å². The number of aromatic nitrogens is 4. The van der Waals surface area contributed by atoms with Crippen molar-refractivity contribution in [2.24, 2.45) is 5.73 Å². The van der Waals surface area contributed by atoms with Gasteiger partial charge in [-0.25, -0.2) is 9.37 Å². The van der Waals surface area contributed by atoms with Crippen LogP contribution in [0.25, 0.3) is 11.2 Å². The Bertz CT molecular complexity index is 964. The predicted octanol–water partition coefficient (Wildman–Crippen LogP) is 2.06. The third-order valence-corrected chi connectivity index (χ3v) is 4.19. The van der Waals surface area contributed by atoms with Crippen molar-refractivity contribution in [1.29, 1.82) is 0 Å². The first-order valence-corrected chi connectivity index (χ1v) is 8.84. The number of nitrogen functional groups attached to an aromatic ring is 2. The summed E-state index contributed by atoms with van der Waals surface area (Å²) in [4.78, 5) is 13.5. The van der Waals surface area contributed by atoms with Gasteiger partial charge in [-0.05, 0) is 44.5 Å². The van der Waals surface area contributed by atoms with Crippen molar-refractivity contribution in [3.05, 3.63) is 35.4 Å². The molecule has 3 aromatic rings. The summed E-state index contributed by atoms with van der Waals surface area (Å²) in [6.45, 7) is 6.45. The smallest absolute Gasteiger partial charge is 0.226 e. The highest BCUT2D eigenvalue weighted by Gasteiger charge is 2.19. The minimum absolute atomic E-state index is 0.0490. The van der Waals surface area contributed by atoms with E-state index in [1.807, 2.05) is 25.3 Å². The topological polar surface area (TPSA) is 134 Å². The molecule has 0 radical (unpaired) electrons. The number of benzene rings is 1. The number of hydrogen-bond donors (Lipinski definition) is 4. The van der Waals surface area contributed by atoms with E-state index in [2.05, 4.69) is 20.3 Å². The Labute approximate surface area is 157 Å². The fourth-order valence-corrected chi connectivity index (χ4v) is 2.94. The van der Waals surface area contributed by atoms with Crippen molar-refractivity contribution in [2.45, 2.75) is 39.3 Å². The molecular formula is C18H25FN8. The van der Waals surface area contributed by atoms with Gasteiger partial charge in [0.05, 0.1) is 0 Å². The van der Waals surface area contributed by atoms with Gasteiger partial charge in [0.2, 0.25) is 5.95 Å². The molecule has 0 saturated heterocycles. The minimum atomic E-state index is -0.340. The lowest BCUT2D eigenvalue weighted by molar-refractivity contribution is 0.586. The minimum Gasteiger partial charge on any atom is -0.398 e. The van der Waals surface area contributed by atoms with E-state index >= 15 is 0 Å². The van der Waals surface area contributed by atoms with Gasteiger partial charge in [-0.15, -0.1) is 0 Å². The fourth-order valence-electron chi connectivity index (χ4n) is 2.94. The van der Waals surface area contributed by atoms with Gasteiger partial charge in [0.15, 0.2) is 17.0 Å². The molecule has 0 bridgehead atoms. The number of nitrogens with two attached hydrogens (primary N) is 3. The molecule has 0 amide bonds. The number of nitrogens with one attached hydrogen (secondary N) is 1. The van der Waals surface area contributed by atoms with E-state index in [9.17, 15) is 4.39 Å². The zero-order valence-electron chi connectivity index (χ0n) is 15.7. The van der Waals surface area contributed by atoms with Crippen molar-refractivity contribution in [1.82, 2.24) is 19.5 Å². The summed E-state index contributed by atoms with van der Waals surface area (Å²) in [6, 6.07) is 4.33. The summed E-state index contributed by atoms with van der Waals surface area (Å²) in [5.74, 6) is 1.03. The summed E-state index contributed by atoms with van der Waals surface area (Å²) >= 11 is 0. The summed E-state index contributed by atoms with van der Waals surface area (Å²) in [5.41, 5.74) is 20.2. The largest absolute Gasteiger partial charge is 0.398 e. The molecule has 1 aromatic carbocycles. The lowest BCUT2D eigenvalue weighted by atomic mass is 10.1. The zero-order chi connectivity index (χ0) is 19.7. The standard InChI is InChI=1S/C18H25FN8/c1-9(2)27-14(7-11-6-12(19)4-5-13(11)21)24-15-16(22)25-18(26-17(15)27)23-8-10(3)20/h4-6,9-10H,7-8,20-21H2,1-3H3,(H3,22,23,25,26). The number of fused-ring (bicyclic) bond motifs is 1. The molecular weight excluding hydrogens is 347 g/mol. The van der Waals surface area contributed by atoms with Crippen molar-refractivity contribution < 1.29 is 4.39 Å². The van der Waals surface area contributed by atoms with Gasteiger partial charge in [0.1, 0.15) is 11.6 Å². The first-order valence-electron chi connectivity index (χ1n) is 8.84. The maximum atomic E-state index is 13.6. The Kier molecular flexibility index (Phi) is 5.13. The second kappa shape index (κ2) is 7.36. The zero-order valence-corrected chi connectivity index (χ0v) is 15.7. The number of rotatable bonds is 6.